The number of carbonyl (C=O) groups is 1. The molecule has 7 nitrogen and oxygen atoms in total. The molecule has 0 unspecified atom stereocenters. The molecule has 1 aromatic heterocycles. The molecule has 33 heavy (non-hydrogen) atoms. The van der Waals surface area contributed by atoms with Gasteiger partial charge < -0.3 is 15.5 Å². The van der Waals surface area contributed by atoms with Crippen molar-refractivity contribution in [2.24, 2.45) is 0 Å². The van der Waals surface area contributed by atoms with E-state index in [9.17, 15) is 4.79 Å². The van der Waals surface area contributed by atoms with Crippen LogP contribution in [-0.2, 0) is 4.79 Å². The molecule has 1 aliphatic rings. The standard InChI is InChI=1S/C25H31ClN6O/c1-31(2)13-7-12-27-24-19-8-3-4-9-21(19)29-25(30-24)20-11-10-18(26)16-22(20)28-23(33)17-32-14-5-6-15-32/h3-4,8-11,16H,5-7,12-15,17H2,1-2H3,(H,28,33)(H,27,29,30). The lowest BCUT2D eigenvalue weighted by Gasteiger charge is -2.17. The average molecular weight is 467 g/mol. The number of benzene rings is 2. The second-order valence-electron chi connectivity index (χ2n) is 8.72. The first-order chi connectivity index (χ1) is 16.0. The van der Waals surface area contributed by atoms with Crippen molar-refractivity contribution < 1.29 is 4.79 Å². The lowest BCUT2D eigenvalue weighted by Crippen LogP contribution is -2.31. The fourth-order valence-electron chi connectivity index (χ4n) is 4.08. The number of hydrogen-bond donors (Lipinski definition) is 2. The van der Waals surface area contributed by atoms with E-state index in [2.05, 4.69) is 34.5 Å². The highest BCUT2D eigenvalue weighted by Crippen LogP contribution is 2.31. The minimum absolute atomic E-state index is 0.0526. The van der Waals surface area contributed by atoms with Crippen LogP contribution in [0.1, 0.15) is 19.3 Å². The smallest absolute Gasteiger partial charge is 0.238 e. The molecule has 0 saturated carbocycles. The molecular weight excluding hydrogens is 436 g/mol. The van der Waals surface area contributed by atoms with E-state index in [1.807, 2.05) is 30.3 Å². The molecule has 3 aromatic rings. The van der Waals surface area contributed by atoms with Crippen molar-refractivity contribution in [2.75, 3.05) is 57.5 Å². The number of likely N-dealkylation sites (tertiary alicyclic amines) is 1. The Morgan fingerprint density at radius 2 is 1.91 bits per heavy atom. The van der Waals surface area contributed by atoms with Crippen LogP contribution in [0.15, 0.2) is 42.5 Å². The Labute approximate surface area is 200 Å². The van der Waals surface area contributed by atoms with Gasteiger partial charge in [-0.15, -0.1) is 0 Å². The molecule has 1 saturated heterocycles. The molecule has 1 fully saturated rings. The number of carbonyl (C=O) groups excluding carboxylic acids is 1. The van der Waals surface area contributed by atoms with Gasteiger partial charge in [0.05, 0.1) is 17.7 Å². The van der Waals surface area contributed by atoms with E-state index in [0.29, 0.717) is 23.1 Å². The van der Waals surface area contributed by atoms with Crippen LogP contribution in [0.25, 0.3) is 22.3 Å². The van der Waals surface area contributed by atoms with Gasteiger partial charge in [0.2, 0.25) is 5.91 Å². The summed E-state index contributed by atoms with van der Waals surface area (Å²) in [6.45, 7) is 4.11. The lowest BCUT2D eigenvalue weighted by atomic mass is 10.1. The molecule has 0 aliphatic carbocycles. The highest BCUT2D eigenvalue weighted by molar-refractivity contribution is 6.31. The molecule has 0 atom stereocenters. The molecule has 174 valence electrons. The first kappa shape index (κ1) is 23.4. The minimum Gasteiger partial charge on any atom is -0.369 e. The Morgan fingerprint density at radius 1 is 1.12 bits per heavy atom. The maximum atomic E-state index is 12.7. The third-order valence-electron chi connectivity index (χ3n) is 5.74. The van der Waals surface area contributed by atoms with E-state index < -0.39 is 0 Å². The number of nitrogens with one attached hydrogen (secondary N) is 2. The average Bonchev–Trinajstić information content (AvgIpc) is 3.29. The van der Waals surface area contributed by atoms with Crippen molar-refractivity contribution >= 4 is 39.9 Å². The molecule has 1 aliphatic heterocycles. The van der Waals surface area contributed by atoms with Gasteiger partial charge in [-0.3, -0.25) is 9.69 Å². The van der Waals surface area contributed by atoms with Gasteiger partial charge >= 0.3 is 0 Å². The van der Waals surface area contributed by atoms with Crippen LogP contribution in [0.4, 0.5) is 11.5 Å². The molecule has 0 radical (unpaired) electrons. The monoisotopic (exact) mass is 466 g/mol. The van der Waals surface area contributed by atoms with Gasteiger partial charge in [-0.1, -0.05) is 23.7 Å². The quantitative estimate of drug-likeness (QED) is 0.457. The highest BCUT2D eigenvalue weighted by atomic mass is 35.5. The van der Waals surface area contributed by atoms with Crippen LogP contribution in [0.2, 0.25) is 5.02 Å². The van der Waals surface area contributed by atoms with Gasteiger partial charge in [-0.05, 0) is 83.3 Å². The van der Waals surface area contributed by atoms with Gasteiger partial charge in [0.25, 0.3) is 0 Å². The molecule has 0 spiro atoms. The molecule has 2 heterocycles. The Balaban J connectivity index is 1.62. The van der Waals surface area contributed by atoms with Crippen molar-refractivity contribution in [2.45, 2.75) is 19.3 Å². The number of hydrogen-bond acceptors (Lipinski definition) is 6. The fourth-order valence-corrected chi connectivity index (χ4v) is 4.25. The number of halogens is 1. The van der Waals surface area contributed by atoms with Gasteiger partial charge in [-0.25, -0.2) is 9.97 Å². The third kappa shape index (κ3) is 6.19. The molecule has 0 bridgehead atoms. The lowest BCUT2D eigenvalue weighted by molar-refractivity contribution is -0.117. The highest BCUT2D eigenvalue weighted by Gasteiger charge is 2.18. The van der Waals surface area contributed by atoms with E-state index in [1.54, 1.807) is 12.1 Å². The van der Waals surface area contributed by atoms with Gasteiger partial charge in [0, 0.05) is 22.5 Å². The normalized spacial score (nSPS) is 14.2. The first-order valence-corrected chi connectivity index (χ1v) is 11.8. The summed E-state index contributed by atoms with van der Waals surface area (Å²) in [5.74, 6) is 1.29. The van der Waals surface area contributed by atoms with E-state index >= 15 is 0 Å². The first-order valence-electron chi connectivity index (χ1n) is 11.5. The third-order valence-corrected chi connectivity index (χ3v) is 5.98. The van der Waals surface area contributed by atoms with Crippen LogP contribution in [0, 0.1) is 0 Å². The summed E-state index contributed by atoms with van der Waals surface area (Å²) in [5, 5.41) is 8.04. The zero-order valence-electron chi connectivity index (χ0n) is 19.3. The van der Waals surface area contributed by atoms with E-state index in [1.165, 1.54) is 0 Å². The summed E-state index contributed by atoms with van der Waals surface area (Å²) in [4.78, 5) is 26.7. The predicted molar refractivity (Wildman–Crippen MR) is 136 cm³/mol. The predicted octanol–water partition coefficient (Wildman–Crippen LogP) is 4.35. The Bertz CT molecular complexity index is 1110. The maximum Gasteiger partial charge on any atom is 0.238 e. The second-order valence-corrected chi connectivity index (χ2v) is 9.15. The number of aromatic nitrogens is 2. The van der Waals surface area contributed by atoms with Gasteiger partial charge in [-0.2, -0.15) is 0 Å². The van der Waals surface area contributed by atoms with Crippen LogP contribution in [0.3, 0.4) is 0 Å². The minimum atomic E-state index is -0.0526. The molecule has 8 heteroatoms. The van der Waals surface area contributed by atoms with E-state index in [4.69, 9.17) is 21.6 Å². The van der Waals surface area contributed by atoms with Gasteiger partial charge in [0.15, 0.2) is 5.82 Å². The topological polar surface area (TPSA) is 73.4 Å². The number of amides is 1. The summed E-state index contributed by atoms with van der Waals surface area (Å²) in [7, 11) is 4.14. The van der Waals surface area contributed by atoms with E-state index in [0.717, 1.165) is 67.7 Å². The second kappa shape index (κ2) is 10.9. The Kier molecular flexibility index (Phi) is 7.75. The summed E-state index contributed by atoms with van der Waals surface area (Å²) >= 11 is 6.28. The van der Waals surface area contributed by atoms with Gasteiger partial charge in [0.1, 0.15) is 5.82 Å². The zero-order chi connectivity index (χ0) is 23.2. The zero-order valence-corrected chi connectivity index (χ0v) is 20.0. The van der Waals surface area contributed by atoms with Crippen LogP contribution >= 0.6 is 11.6 Å². The SMILES string of the molecule is CN(C)CCCNc1nc(-c2ccc(Cl)cc2NC(=O)CN2CCCC2)nc2ccccc12. The summed E-state index contributed by atoms with van der Waals surface area (Å²) in [5.41, 5.74) is 2.22. The maximum absolute atomic E-state index is 12.7. The van der Waals surface area contributed by atoms with Crippen molar-refractivity contribution in [3.05, 3.63) is 47.5 Å². The van der Waals surface area contributed by atoms with Crippen molar-refractivity contribution in [1.29, 1.82) is 0 Å². The molecular formula is C25H31ClN6O. The van der Waals surface area contributed by atoms with Crippen molar-refractivity contribution in [1.82, 2.24) is 19.8 Å². The number of nitrogens with zero attached hydrogens (tertiary/aromatic N) is 4. The Hall–Kier alpha value is -2.74. The summed E-state index contributed by atoms with van der Waals surface area (Å²) < 4.78 is 0. The number of para-hydroxylation sites is 1. The summed E-state index contributed by atoms with van der Waals surface area (Å²) in [6, 6.07) is 13.4. The van der Waals surface area contributed by atoms with Crippen molar-refractivity contribution in [3.8, 4) is 11.4 Å². The largest absolute Gasteiger partial charge is 0.369 e. The number of anilines is 2. The van der Waals surface area contributed by atoms with Crippen LogP contribution in [-0.4, -0.2) is 72.5 Å². The Morgan fingerprint density at radius 3 is 2.70 bits per heavy atom. The van der Waals surface area contributed by atoms with E-state index in [-0.39, 0.29) is 5.91 Å². The molecule has 1 amide bonds. The molecule has 2 N–H and O–H groups in total. The number of fused-ring (bicyclic) bond motifs is 1. The van der Waals surface area contributed by atoms with Crippen LogP contribution in [0.5, 0.6) is 0 Å². The molecule has 2 aromatic carbocycles. The van der Waals surface area contributed by atoms with Crippen LogP contribution < -0.4 is 10.6 Å². The number of rotatable bonds is 9. The molecule has 4 rings (SSSR count). The van der Waals surface area contributed by atoms with Crippen molar-refractivity contribution in [3.63, 3.8) is 0 Å². The fraction of sp³-hybridized carbons (Fsp3) is 0.400. The summed E-state index contributed by atoms with van der Waals surface area (Å²) in [6.07, 6.45) is 3.29.